The summed E-state index contributed by atoms with van der Waals surface area (Å²) in [6.07, 6.45) is 0. The van der Waals surface area contributed by atoms with Crippen LogP contribution in [-0.2, 0) is 10.5 Å². The molecular weight excluding hydrogens is 140 g/mol. The zero-order chi connectivity index (χ0) is 8.32. The van der Waals surface area contributed by atoms with Crippen molar-refractivity contribution in [3.05, 3.63) is 35.9 Å². The van der Waals surface area contributed by atoms with Gasteiger partial charge in [0.2, 0.25) is 0 Å². The van der Waals surface area contributed by atoms with E-state index >= 15 is 0 Å². The van der Waals surface area contributed by atoms with Gasteiger partial charge in [-0.25, -0.2) is 0 Å². The van der Waals surface area contributed by atoms with Crippen LogP contribution in [0.2, 0.25) is 0 Å². The number of hydrogen-bond acceptors (Lipinski definition) is 2. The maximum Gasteiger partial charge on any atom is 0.189 e. The molecule has 0 aliphatic rings. The largest absolute Gasteiger partial charge is 0.362 e. The summed E-state index contributed by atoms with van der Waals surface area (Å²) in [4.78, 5) is 0. The van der Waals surface area contributed by atoms with Crippen LogP contribution in [0.4, 0.5) is 0 Å². The highest BCUT2D eigenvalue weighted by molar-refractivity contribution is 5.18. The molecule has 1 atom stereocenters. The van der Waals surface area contributed by atoms with Crippen LogP contribution < -0.4 is 0 Å². The van der Waals surface area contributed by atoms with Gasteiger partial charge in [-0.15, -0.1) is 0 Å². The van der Waals surface area contributed by atoms with Gasteiger partial charge in [-0.2, -0.15) is 0 Å². The van der Waals surface area contributed by atoms with Crippen molar-refractivity contribution in [2.45, 2.75) is 12.7 Å². The van der Waals surface area contributed by atoms with Gasteiger partial charge >= 0.3 is 0 Å². The van der Waals surface area contributed by atoms with Gasteiger partial charge in [0.05, 0.1) is 0 Å². The molecule has 0 bridgehead atoms. The second-order valence-corrected chi connectivity index (χ2v) is 2.55. The molecular formula is C9H12O2. The lowest BCUT2D eigenvalue weighted by atomic mass is 10.1. The number of ether oxygens (including phenoxy) is 1. The van der Waals surface area contributed by atoms with E-state index in [1.165, 1.54) is 7.11 Å². The van der Waals surface area contributed by atoms with Crippen LogP contribution in [0.1, 0.15) is 12.5 Å². The van der Waals surface area contributed by atoms with Crippen LogP contribution in [-0.4, -0.2) is 12.2 Å². The van der Waals surface area contributed by atoms with Gasteiger partial charge in [0.15, 0.2) is 5.79 Å². The van der Waals surface area contributed by atoms with Gasteiger partial charge < -0.3 is 9.84 Å². The molecule has 2 heteroatoms. The van der Waals surface area contributed by atoms with Crippen molar-refractivity contribution in [1.82, 2.24) is 0 Å². The van der Waals surface area contributed by atoms with E-state index < -0.39 is 5.79 Å². The monoisotopic (exact) mass is 152 g/mol. The van der Waals surface area contributed by atoms with E-state index in [0.717, 1.165) is 5.56 Å². The predicted molar refractivity (Wildman–Crippen MR) is 43.0 cm³/mol. The number of aliphatic hydroxyl groups is 1. The van der Waals surface area contributed by atoms with Gasteiger partial charge in [-0.05, 0) is 6.92 Å². The number of benzene rings is 1. The third kappa shape index (κ3) is 1.79. The van der Waals surface area contributed by atoms with Gasteiger partial charge in [0, 0.05) is 12.7 Å². The lowest BCUT2D eigenvalue weighted by molar-refractivity contribution is -0.179. The zero-order valence-corrected chi connectivity index (χ0v) is 6.74. The Kier molecular flexibility index (Phi) is 2.27. The number of rotatable bonds is 2. The third-order valence-electron chi connectivity index (χ3n) is 1.71. The number of methoxy groups -OCH3 is 1. The Bertz CT molecular complexity index is 216. The summed E-state index contributed by atoms with van der Waals surface area (Å²) in [5, 5.41) is 9.57. The quantitative estimate of drug-likeness (QED) is 0.651. The van der Waals surface area contributed by atoms with Crippen LogP contribution in [0.25, 0.3) is 0 Å². The second-order valence-electron chi connectivity index (χ2n) is 2.55. The Morgan fingerprint density at radius 1 is 1.27 bits per heavy atom. The van der Waals surface area contributed by atoms with Crippen molar-refractivity contribution in [3.63, 3.8) is 0 Å². The lowest BCUT2D eigenvalue weighted by Gasteiger charge is -2.21. The molecule has 2 nitrogen and oxygen atoms in total. The first-order valence-electron chi connectivity index (χ1n) is 3.50. The molecule has 0 saturated carbocycles. The summed E-state index contributed by atoms with van der Waals surface area (Å²) in [5.41, 5.74) is 0.766. The van der Waals surface area contributed by atoms with Crippen LogP contribution in [0.3, 0.4) is 0 Å². The van der Waals surface area contributed by atoms with Crippen molar-refractivity contribution in [3.8, 4) is 0 Å². The molecule has 1 aromatic rings. The summed E-state index contributed by atoms with van der Waals surface area (Å²) in [6.45, 7) is 1.61. The Morgan fingerprint density at radius 2 is 1.82 bits per heavy atom. The van der Waals surface area contributed by atoms with Crippen LogP contribution in [0.15, 0.2) is 30.3 Å². The van der Waals surface area contributed by atoms with Crippen LogP contribution >= 0.6 is 0 Å². The van der Waals surface area contributed by atoms with E-state index in [1.54, 1.807) is 6.92 Å². The third-order valence-corrected chi connectivity index (χ3v) is 1.71. The molecule has 1 aromatic carbocycles. The van der Waals surface area contributed by atoms with Crippen LogP contribution in [0.5, 0.6) is 0 Å². The molecule has 1 N–H and O–H groups in total. The molecule has 11 heavy (non-hydrogen) atoms. The molecule has 0 heterocycles. The Hall–Kier alpha value is -0.860. The minimum Gasteiger partial charge on any atom is -0.362 e. The van der Waals surface area contributed by atoms with Gasteiger partial charge in [-0.1, -0.05) is 30.3 Å². The highest BCUT2D eigenvalue weighted by atomic mass is 16.6. The number of hydrogen-bond donors (Lipinski definition) is 1. The first-order chi connectivity index (χ1) is 5.17. The summed E-state index contributed by atoms with van der Waals surface area (Å²) in [6, 6.07) is 9.27. The van der Waals surface area contributed by atoms with Crippen LogP contribution in [0, 0.1) is 0 Å². The highest BCUT2D eigenvalue weighted by Crippen LogP contribution is 2.19. The minimum atomic E-state index is -1.17. The van der Waals surface area contributed by atoms with E-state index in [1.807, 2.05) is 30.3 Å². The van der Waals surface area contributed by atoms with E-state index in [0.29, 0.717) is 0 Å². The van der Waals surface area contributed by atoms with E-state index in [-0.39, 0.29) is 0 Å². The molecule has 0 radical (unpaired) electrons. The summed E-state index contributed by atoms with van der Waals surface area (Å²) in [7, 11) is 1.48. The standard InChI is InChI=1S/C9H12O2/c1-9(10,11-2)8-6-4-3-5-7-8/h3-7,10H,1-2H3. The minimum absolute atomic E-state index is 0.766. The first kappa shape index (κ1) is 8.24. The fourth-order valence-electron chi connectivity index (χ4n) is 0.865. The van der Waals surface area contributed by atoms with E-state index in [9.17, 15) is 5.11 Å². The fourth-order valence-corrected chi connectivity index (χ4v) is 0.865. The van der Waals surface area contributed by atoms with Gasteiger partial charge in [-0.3, -0.25) is 0 Å². The Balaban J connectivity index is 2.93. The molecule has 1 rings (SSSR count). The average Bonchev–Trinajstić information content (AvgIpc) is 2.06. The Morgan fingerprint density at radius 3 is 2.27 bits per heavy atom. The van der Waals surface area contributed by atoms with Crippen molar-refractivity contribution in [2.75, 3.05) is 7.11 Å². The van der Waals surface area contributed by atoms with Gasteiger partial charge in [0.1, 0.15) is 0 Å². The lowest BCUT2D eigenvalue weighted by Crippen LogP contribution is -2.22. The maximum absolute atomic E-state index is 9.57. The normalized spacial score (nSPS) is 15.9. The second kappa shape index (κ2) is 3.03. The summed E-state index contributed by atoms with van der Waals surface area (Å²) < 4.78 is 4.88. The summed E-state index contributed by atoms with van der Waals surface area (Å²) in [5.74, 6) is -1.17. The molecule has 0 saturated heterocycles. The van der Waals surface area contributed by atoms with E-state index in [4.69, 9.17) is 4.74 Å². The van der Waals surface area contributed by atoms with Crippen molar-refractivity contribution in [2.24, 2.45) is 0 Å². The molecule has 0 amide bonds. The average molecular weight is 152 g/mol. The molecule has 0 spiro atoms. The smallest absolute Gasteiger partial charge is 0.189 e. The highest BCUT2D eigenvalue weighted by Gasteiger charge is 2.20. The molecule has 60 valence electrons. The summed E-state index contributed by atoms with van der Waals surface area (Å²) >= 11 is 0. The fraction of sp³-hybridized carbons (Fsp3) is 0.333. The first-order valence-corrected chi connectivity index (χ1v) is 3.50. The SMILES string of the molecule is COC(C)(O)c1ccccc1. The molecule has 0 aliphatic heterocycles. The molecule has 0 fully saturated rings. The molecule has 0 aliphatic carbocycles. The Labute approximate surface area is 66.4 Å². The molecule has 1 unspecified atom stereocenters. The van der Waals surface area contributed by atoms with Gasteiger partial charge in [0.25, 0.3) is 0 Å². The van der Waals surface area contributed by atoms with Crippen molar-refractivity contribution in [1.29, 1.82) is 0 Å². The maximum atomic E-state index is 9.57. The van der Waals surface area contributed by atoms with Crippen molar-refractivity contribution < 1.29 is 9.84 Å². The molecule has 0 aromatic heterocycles. The van der Waals surface area contributed by atoms with Crippen molar-refractivity contribution >= 4 is 0 Å². The zero-order valence-electron chi connectivity index (χ0n) is 6.74. The van der Waals surface area contributed by atoms with E-state index in [2.05, 4.69) is 0 Å². The topological polar surface area (TPSA) is 29.5 Å². The predicted octanol–water partition coefficient (Wildman–Crippen LogP) is 1.50.